The zero-order valence-corrected chi connectivity index (χ0v) is 11.5. The molecule has 1 fully saturated rings. The Hall–Kier alpha value is -2.96. The van der Waals surface area contributed by atoms with E-state index in [0.29, 0.717) is 5.69 Å². The summed E-state index contributed by atoms with van der Waals surface area (Å²) < 4.78 is 0. The topological polar surface area (TPSA) is 105 Å². The molecular weight excluding hydrogens is 286 g/mol. The highest BCUT2D eigenvalue weighted by Crippen LogP contribution is 2.47. The highest BCUT2D eigenvalue weighted by molar-refractivity contribution is 5.95. The van der Waals surface area contributed by atoms with Crippen LogP contribution in [0.5, 0.6) is 5.75 Å². The van der Waals surface area contributed by atoms with Crippen LogP contribution < -0.4 is 5.32 Å². The van der Waals surface area contributed by atoms with Crippen LogP contribution >= 0.6 is 0 Å². The third kappa shape index (κ3) is 2.73. The summed E-state index contributed by atoms with van der Waals surface area (Å²) in [6, 6.07) is 7.53. The molecule has 0 spiro atoms. The summed E-state index contributed by atoms with van der Waals surface area (Å²) in [6.45, 7) is 0. The molecule has 1 aromatic carbocycles. The van der Waals surface area contributed by atoms with Crippen LogP contribution in [0.15, 0.2) is 42.7 Å². The maximum absolute atomic E-state index is 12.2. The van der Waals surface area contributed by atoms with Gasteiger partial charge in [-0.1, -0.05) is 6.07 Å². The summed E-state index contributed by atoms with van der Waals surface area (Å²) in [5.74, 6) is -0.630. The maximum Gasteiger partial charge on any atom is 0.312 e. The number of nitrogens with zero attached hydrogens (tertiary/aromatic N) is 2. The molecule has 1 aliphatic rings. The first-order valence-corrected chi connectivity index (χ1v) is 6.74. The fraction of sp³-hybridized carbons (Fsp3) is 0.200. The lowest BCUT2D eigenvalue weighted by Gasteiger charge is -2.05. The van der Waals surface area contributed by atoms with Gasteiger partial charge in [0.2, 0.25) is 5.91 Å². The number of anilines is 1. The molecule has 22 heavy (non-hydrogen) atoms. The van der Waals surface area contributed by atoms with E-state index < -0.39 is 16.4 Å². The van der Waals surface area contributed by atoms with Crippen molar-refractivity contribution in [3.05, 3.63) is 58.4 Å². The highest BCUT2D eigenvalue weighted by atomic mass is 16.6. The van der Waals surface area contributed by atoms with Gasteiger partial charge in [0.1, 0.15) is 0 Å². The van der Waals surface area contributed by atoms with E-state index in [2.05, 4.69) is 10.3 Å². The lowest BCUT2D eigenvalue weighted by molar-refractivity contribution is -0.385. The lowest BCUT2D eigenvalue weighted by atomic mass is 10.1. The number of benzene rings is 1. The van der Waals surface area contributed by atoms with Crippen molar-refractivity contribution in [3.63, 3.8) is 0 Å². The number of nitro groups is 1. The molecule has 1 aliphatic carbocycles. The molecule has 2 N–H and O–H groups in total. The molecule has 7 heteroatoms. The van der Waals surface area contributed by atoms with Gasteiger partial charge in [-0.25, -0.2) is 0 Å². The third-order valence-corrected chi connectivity index (χ3v) is 3.68. The molecule has 0 radical (unpaired) electrons. The van der Waals surface area contributed by atoms with Gasteiger partial charge in [-0.3, -0.25) is 19.9 Å². The molecule has 0 saturated heterocycles. The second-order valence-corrected chi connectivity index (χ2v) is 5.18. The summed E-state index contributed by atoms with van der Waals surface area (Å²) in [5, 5.41) is 22.8. The minimum Gasteiger partial charge on any atom is -0.502 e. The van der Waals surface area contributed by atoms with Crippen LogP contribution in [0.2, 0.25) is 0 Å². The number of carbonyl (C=O) groups is 1. The number of nitrogens with one attached hydrogen (secondary N) is 1. The Morgan fingerprint density at radius 2 is 2.23 bits per heavy atom. The summed E-state index contributed by atoms with van der Waals surface area (Å²) in [5.41, 5.74) is 0.878. The fourth-order valence-electron chi connectivity index (χ4n) is 2.43. The van der Waals surface area contributed by atoms with Crippen LogP contribution in [0.1, 0.15) is 17.9 Å². The van der Waals surface area contributed by atoms with Gasteiger partial charge in [0.25, 0.3) is 0 Å². The number of hydrogen-bond acceptors (Lipinski definition) is 5. The minimum atomic E-state index is -0.694. The largest absolute Gasteiger partial charge is 0.502 e. The normalized spacial score (nSPS) is 19.5. The van der Waals surface area contributed by atoms with E-state index in [1.165, 1.54) is 12.1 Å². The number of aromatic nitrogens is 1. The van der Waals surface area contributed by atoms with Crippen LogP contribution in [0.4, 0.5) is 11.4 Å². The fourth-order valence-corrected chi connectivity index (χ4v) is 2.43. The molecule has 1 aromatic heterocycles. The van der Waals surface area contributed by atoms with Crippen molar-refractivity contribution in [3.8, 4) is 5.75 Å². The zero-order valence-electron chi connectivity index (χ0n) is 11.5. The number of pyridine rings is 1. The summed E-state index contributed by atoms with van der Waals surface area (Å²) in [4.78, 5) is 26.3. The quantitative estimate of drug-likeness (QED) is 0.512. The van der Waals surface area contributed by atoms with Crippen molar-refractivity contribution in [1.29, 1.82) is 0 Å². The van der Waals surface area contributed by atoms with Crippen LogP contribution in [0.25, 0.3) is 0 Å². The molecule has 112 valence electrons. The minimum absolute atomic E-state index is 0.140. The number of rotatable bonds is 4. The Labute approximate surface area is 125 Å². The van der Waals surface area contributed by atoms with Crippen molar-refractivity contribution in [1.82, 2.24) is 4.98 Å². The number of phenols is 1. The number of carbonyl (C=O) groups excluding carboxylic acids is 1. The van der Waals surface area contributed by atoms with E-state index >= 15 is 0 Å². The van der Waals surface area contributed by atoms with Gasteiger partial charge in [0.05, 0.1) is 4.92 Å². The lowest BCUT2D eigenvalue weighted by Crippen LogP contribution is -2.14. The molecule has 1 saturated carbocycles. The third-order valence-electron chi connectivity index (χ3n) is 3.68. The van der Waals surface area contributed by atoms with Gasteiger partial charge in [-0.05, 0) is 36.1 Å². The summed E-state index contributed by atoms with van der Waals surface area (Å²) in [7, 11) is 0. The number of phenolic OH excluding ortho intramolecular Hbond substituents is 1. The van der Waals surface area contributed by atoms with Gasteiger partial charge in [0, 0.05) is 30.1 Å². The Kier molecular flexibility index (Phi) is 3.46. The number of nitro benzene ring substituents is 1. The van der Waals surface area contributed by atoms with E-state index in [0.717, 1.165) is 18.1 Å². The molecule has 1 amide bonds. The van der Waals surface area contributed by atoms with E-state index in [-0.39, 0.29) is 17.7 Å². The average Bonchev–Trinajstić information content (AvgIpc) is 3.30. The highest BCUT2D eigenvalue weighted by Gasteiger charge is 2.44. The van der Waals surface area contributed by atoms with Gasteiger partial charge >= 0.3 is 5.69 Å². The predicted molar refractivity (Wildman–Crippen MR) is 78.5 cm³/mol. The van der Waals surface area contributed by atoms with Crippen molar-refractivity contribution in [2.45, 2.75) is 12.3 Å². The Morgan fingerprint density at radius 1 is 1.41 bits per heavy atom. The first kappa shape index (κ1) is 14.0. The number of aromatic hydroxyl groups is 1. The van der Waals surface area contributed by atoms with E-state index in [1.807, 2.05) is 12.1 Å². The molecular formula is C15H13N3O4. The zero-order chi connectivity index (χ0) is 15.7. The van der Waals surface area contributed by atoms with E-state index in [1.54, 1.807) is 12.4 Å². The van der Waals surface area contributed by atoms with Crippen molar-refractivity contribution in [2.24, 2.45) is 5.92 Å². The number of hydrogen-bond donors (Lipinski definition) is 2. The molecule has 0 aliphatic heterocycles. The predicted octanol–water partition coefficient (Wildman–Crippen LogP) is 2.44. The standard InChI is InChI=1S/C15H13N3O4/c19-14-4-3-10(6-13(14)18(21)22)17-15(20)12-7-11(12)9-2-1-5-16-8-9/h1-6,8,11-12,19H,7H2,(H,17,20)/t11-,12-/m0/s1. The second kappa shape index (κ2) is 5.44. The summed E-state index contributed by atoms with van der Waals surface area (Å²) in [6.07, 6.45) is 4.15. The van der Waals surface area contributed by atoms with Crippen LogP contribution in [-0.2, 0) is 4.79 Å². The van der Waals surface area contributed by atoms with Crippen LogP contribution in [-0.4, -0.2) is 20.9 Å². The van der Waals surface area contributed by atoms with Crippen LogP contribution in [0.3, 0.4) is 0 Å². The monoisotopic (exact) mass is 299 g/mol. The van der Waals surface area contributed by atoms with Crippen LogP contribution in [0, 0.1) is 16.0 Å². The van der Waals surface area contributed by atoms with E-state index in [4.69, 9.17) is 0 Å². The van der Waals surface area contributed by atoms with Crippen molar-refractivity contribution >= 4 is 17.3 Å². The van der Waals surface area contributed by atoms with Crippen molar-refractivity contribution in [2.75, 3.05) is 5.32 Å². The summed E-state index contributed by atoms with van der Waals surface area (Å²) >= 11 is 0. The number of amides is 1. The molecule has 7 nitrogen and oxygen atoms in total. The van der Waals surface area contributed by atoms with Crippen molar-refractivity contribution < 1.29 is 14.8 Å². The van der Waals surface area contributed by atoms with Gasteiger partial charge < -0.3 is 10.4 Å². The molecule has 2 aromatic rings. The second-order valence-electron chi connectivity index (χ2n) is 5.18. The first-order chi connectivity index (χ1) is 10.6. The molecule has 0 unspecified atom stereocenters. The maximum atomic E-state index is 12.2. The van der Waals surface area contributed by atoms with Gasteiger partial charge in [-0.2, -0.15) is 0 Å². The average molecular weight is 299 g/mol. The Balaban J connectivity index is 1.69. The smallest absolute Gasteiger partial charge is 0.312 e. The Bertz CT molecular complexity index is 733. The molecule has 2 atom stereocenters. The SMILES string of the molecule is O=C(Nc1ccc(O)c([N+](=O)[O-])c1)[C@H]1C[C@H]1c1cccnc1. The molecule has 1 heterocycles. The molecule has 0 bridgehead atoms. The van der Waals surface area contributed by atoms with E-state index in [9.17, 15) is 20.0 Å². The van der Waals surface area contributed by atoms with Gasteiger partial charge in [-0.15, -0.1) is 0 Å². The van der Waals surface area contributed by atoms with Gasteiger partial charge in [0.15, 0.2) is 5.75 Å². The Morgan fingerprint density at radius 3 is 2.91 bits per heavy atom. The molecule has 3 rings (SSSR count). The first-order valence-electron chi connectivity index (χ1n) is 6.74.